The van der Waals surface area contributed by atoms with Gasteiger partial charge in [0.05, 0.1) is 0 Å². The number of hydrogen-bond donors (Lipinski definition) is 2. The second-order valence-corrected chi connectivity index (χ2v) is 5.56. The molecular weight excluding hydrogens is 204 g/mol. The molecule has 0 amide bonds. The third-order valence-corrected chi connectivity index (χ3v) is 4.11. The summed E-state index contributed by atoms with van der Waals surface area (Å²) < 4.78 is 5.45. The molecule has 1 heterocycles. The maximum atomic E-state index is 5.45. The lowest BCUT2D eigenvalue weighted by Gasteiger charge is -2.02. The highest BCUT2D eigenvalue weighted by Crippen LogP contribution is 2.63. The molecule has 1 saturated carbocycles. The second kappa shape index (κ2) is 3.45. The maximum Gasteiger partial charge on any atom is 0.315 e. The van der Waals surface area contributed by atoms with Gasteiger partial charge in [-0.25, -0.2) is 0 Å². The highest BCUT2D eigenvalue weighted by Gasteiger charge is 2.65. The summed E-state index contributed by atoms with van der Waals surface area (Å²) in [6, 6.07) is 0.887. The number of nitrogens with one attached hydrogen (secondary N) is 1. The van der Waals surface area contributed by atoms with Gasteiger partial charge in [0.1, 0.15) is 0 Å². The zero-order valence-electron chi connectivity index (χ0n) is 10.4. The minimum absolute atomic E-state index is 0.259. The molecule has 1 aromatic rings. The molecule has 1 aliphatic carbocycles. The standard InChI is InChI=1S/C11H20N4O/c1-10(2)8(11(10,3)4)13-9-15-14-7(16-9)5-6-12/h8H,5-6,12H2,1-4H3,(H,13,15). The molecule has 0 aromatic carbocycles. The van der Waals surface area contributed by atoms with Gasteiger partial charge in [-0.1, -0.05) is 32.8 Å². The van der Waals surface area contributed by atoms with Gasteiger partial charge in [-0.3, -0.25) is 0 Å². The van der Waals surface area contributed by atoms with E-state index in [1.807, 2.05) is 0 Å². The first-order chi connectivity index (χ1) is 7.39. The van der Waals surface area contributed by atoms with Gasteiger partial charge in [0.15, 0.2) is 0 Å². The van der Waals surface area contributed by atoms with Crippen molar-refractivity contribution in [1.29, 1.82) is 0 Å². The van der Waals surface area contributed by atoms with Crippen LogP contribution < -0.4 is 11.1 Å². The minimum Gasteiger partial charge on any atom is -0.408 e. The van der Waals surface area contributed by atoms with Crippen LogP contribution in [0.15, 0.2) is 4.42 Å². The number of aromatic nitrogens is 2. The van der Waals surface area contributed by atoms with Crippen LogP contribution in [0.3, 0.4) is 0 Å². The molecule has 0 saturated heterocycles. The van der Waals surface area contributed by atoms with Crippen molar-refractivity contribution in [1.82, 2.24) is 10.2 Å². The van der Waals surface area contributed by atoms with Crippen molar-refractivity contribution in [2.24, 2.45) is 16.6 Å². The van der Waals surface area contributed by atoms with E-state index in [9.17, 15) is 0 Å². The molecule has 0 atom stereocenters. The molecule has 90 valence electrons. The van der Waals surface area contributed by atoms with Gasteiger partial charge in [0.25, 0.3) is 0 Å². The zero-order chi connectivity index (χ0) is 12.0. The van der Waals surface area contributed by atoms with Crippen LogP contribution in [0.5, 0.6) is 0 Å². The molecule has 1 aliphatic rings. The predicted octanol–water partition coefficient (Wildman–Crippen LogP) is 1.42. The topological polar surface area (TPSA) is 77.0 Å². The summed E-state index contributed by atoms with van der Waals surface area (Å²) in [6.07, 6.45) is 0.631. The van der Waals surface area contributed by atoms with Crippen LogP contribution in [0.1, 0.15) is 33.6 Å². The van der Waals surface area contributed by atoms with Crippen molar-refractivity contribution < 1.29 is 4.42 Å². The summed E-state index contributed by atoms with van der Waals surface area (Å²) >= 11 is 0. The van der Waals surface area contributed by atoms with E-state index in [4.69, 9.17) is 10.2 Å². The van der Waals surface area contributed by atoms with Crippen molar-refractivity contribution in [3.63, 3.8) is 0 Å². The number of rotatable bonds is 4. The zero-order valence-corrected chi connectivity index (χ0v) is 10.4. The molecule has 0 unspecified atom stereocenters. The van der Waals surface area contributed by atoms with Crippen molar-refractivity contribution in [3.05, 3.63) is 5.89 Å². The Hall–Kier alpha value is -1.10. The van der Waals surface area contributed by atoms with E-state index < -0.39 is 0 Å². The lowest BCUT2D eigenvalue weighted by molar-refractivity contribution is 0.457. The summed E-state index contributed by atoms with van der Waals surface area (Å²) in [4.78, 5) is 0. The molecule has 5 heteroatoms. The summed E-state index contributed by atoms with van der Waals surface area (Å²) in [5, 5.41) is 11.2. The van der Waals surface area contributed by atoms with E-state index in [0.717, 1.165) is 0 Å². The Morgan fingerprint density at radius 2 is 1.88 bits per heavy atom. The normalized spacial score (nSPS) is 22.1. The molecule has 1 fully saturated rings. The SMILES string of the molecule is CC1(C)C(Nc2nnc(CCN)o2)C1(C)C. The van der Waals surface area contributed by atoms with Crippen LogP contribution >= 0.6 is 0 Å². The molecule has 16 heavy (non-hydrogen) atoms. The van der Waals surface area contributed by atoms with E-state index in [2.05, 4.69) is 43.2 Å². The molecule has 0 bridgehead atoms. The van der Waals surface area contributed by atoms with E-state index in [1.165, 1.54) is 0 Å². The Morgan fingerprint density at radius 3 is 2.38 bits per heavy atom. The Labute approximate surface area is 95.8 Å². The molecule has 3 N–H and O–H groups in total. The highest BCUT2D eigenvalue weighted by atomic mass is 16.4. The smallest absolute Gasteiger partial charge is 0.315 e. The van der Waals surface area contributed by atoms with E-state index in [1.54, 1.807) is 0 Å². The fourth-order valence-electron chi connectivity index (χ4n) is 2.22. The number of nitrogens with two attached hydrogens (primary N) is 1. The Kier molecular flexibility index (Phi) is 2.45. The first-order valence-corrected chi connectivity index (χ1v) is 5.68. The Bertz CT molecular complexity index is 369. The van der Waals surface area contributed by atoms with Crippen molar-refractivity contribution in [3.8, 4) is 0 Å². The summed E-state index contributed by atoms with van der Waals surface area (Å²) in [6.45, 7) is 9.48. The molecule has 0 radical (unpaired) electrons. The third kappa shape index (κ3) is 1.59. The average Bonchev–Trinajstić information content (AvgIpc) is 2.58. The predicted molar refractivity (Wildman–Crippen MR) is 62.0 cm³/mol. The van der Waals surface area contributed by atoms with Gasteiger partial charge >= 0.3 is 6.01 Å². The Morgan fingerprint density at radius 1 is 1.25 bits per heavy atom. The second-order valence-electron chi connectivity index (χ2n) is 5.56. The average molecular weight is 224 g/mol. The third-order valence-electron chi connectivity index (χ3n) is 4.11. The van der Waals surface area contributed by atoms with Crippen LogP contribution in [0.2, 0.25) is 0 Å². The first-order valence-electron chi connectivity index (χ1n) is 5.68. The van der Waals surface area contributed by atoms with Gasteiger partial charge in [-0.15, -0.1) is 5.10 Å². The summed E-state index contributed by atoms with van der Waals surface area (Å²) in [5.41, 5.74) is 5.94. The van der Waals surface area contributed by atoms with Crippen molar-refractivity contribution in [2.75, 3.05) is 11.9 Å². The van der Waals surface area contributed by atoms with Gasteiger partial charge in [-0.2, -0.15) is 0 Å². The number of anilines is 1. The van der Waals surface area contributed by atoms with Crippen molar-refractivity contribution in [2.45, 2.75) is 40.2 Å². The molecule has 2 rings (SSSR count). The van der Waals surface area contributed by atoms with E-state index in [0.29, 0.717) is 30.9 Å². The molecule has 1 aromatic heterocycles. The fourth-order valence-corrected chi connectivity index (χ4v) is 2.22. The maximum absolute atomic E-state index is 5.45. The number of nitrogens with zero attached hydrogens (tertiary/aromatic N) is 2. The first kappa shape index (κ1) is 11.4. The lowest BCUT2D eigenvalue weighted by atomic mass is 10.0. The monoisotopic (exact) mass is 224 g/mol. The largest absolute Gasteiger partial charge is 0.408 e. The van der Waals surface area contributed by atoms with Crippen LogP contribution in [0.25, 0.3) is 0 Å². The van der Waals surface area contributed by atoms with Crippen LogP contribution in [-0.2, 0) is 6.42 Å². The molecular formula is C11H20N4O. The molecule has 0 aliphatic heterocycles. The number of hydrogen-bond acceptors (Lipinski definition) is 5. The van der Waals surface area contributed by atoms with Gasteiger partial charge in [0.2, 0.25) is 5.89 Å². The minimum atomic E-state index is 0.259. The molecule has 5 nitrogen and oxygen atoms in total. The summed E-state index contributed by atoms with van der Waals surface area (Å²) in [7, 11) is 0. The van der Waals surface area contributed by atoms with E-state index >= 15 is 0 Å². The van der Waals surface area contributed by atoms with E-state index in [-0.39, 0.29) is 10.8 Å². The summed E-state index contributed by atoms with van der Waals surface area (Å²) in [5.74, 6) is 0.598. The quantitative estimate of drug-likeness (QED) is 0.808. The molecule has 0 spiro atoms. The van der Waals surface area contributed by atoms with Crippen molar-refractivity contribution >= 4 is 6.01 Å². The van der Waals surface area contributed by atoms with Gasteiger partial charge in [-0.05, 0) is 10.8 Å². The van der Waals surface area contributed by atoms with Crippen LogP contribution in [-0.4, -0.2) is 22.8 Å². The van der Waals surface area contributed by atoms with Crippen LogP contribution in [0.4, 0.5) is 6.01 Å². The van der Waals surface area contributed by atoms with Crippen LogP contribution in [0, 0.1) is 10.8 Å². The fraction of sp³-hybridized carbons (Fsp3) is 0.818. The lowest BCUT2D eigenvalue weighted by Crippen LogP contribution is -2.10. The highest BCUT2D eigenvalue weighted by molar-refractivity contribution is 5.33. The van der Waals surface area contributed by atoms with Gasteiger partial charge in [0, 0.05) is 19.0 Å². The van der Waals surface area contributed by atoms with Gasteiger partial charge < -0.3 is 15.5 Å². The Balaban J connectivity index is 2.01.